The summed E-state index contributed by atoms with van der Waals surface area (Å²) in [5.74, 6) is 3.38. The Labute approximate surface area is 222 Å². The van der Waals surface area contributed by atoms with Gasteiger partial charge in [0.2, 0.25) is 5.95 Å². The molecule has 3 unspecified atom stereocenters. The summed E-state index contributed by atoms with van der Waals surface area (Å²) in [4.78, 5) is 11.6. The van der Waals surface area contributed by atoms with Crippen molar-refractivity contribution in [3.63, 3.8) is 0 Å². The lowest BCUT2D eigenvalue weighted by atomic mass is 9.64. The molecule has 3 aliphatic rings. The van der Waals surface area contributed by atoms with Crippen LogP contribution in [0.2, 0.25) is 0 Å². The first-order valence-corrected chi connectivity index (χ1v) is 14.4. The predicted molar refractivity (Wildman–Crippen MR) is 149 cm³/mol. The fourth-order valence-electron chi connectivity index (χ4n) is 6.90. The number of rotatable bonds is 9. The van der Waals surface area contributed by atoms with Gasteiger partial charge in [0.25, 0.3) is 0 Å². The van der Waals surface area contributed by atoms with E-state index in [1.807, 2.05) is 12.1 Å². The maximum atomic E-state index is 9.64. The smallest absolute Gasteiger partial charge is 0.224 e. The first kappa shape index (κ1) is 25.9. The molecule has 7 nitrogen and oxygen atoms in total. The molecule has 0 spiro atoms. The standard InChI is InChI=1S/C30H43N7/c1-3-37-13-11-27(12-14-37)35-28-23-9-6-10-24(28)16-22(15-23)18-32-29-26(17-31)20-34-30(36-29)33-19-25-8-5-4-7-21(25)2/h4-5,7-8,20,22-24,27-28,35H,3,6,9-16,18-19H2,1-2H3,(H2,32,33,34,36)/t22?,23-,24?,28?/m0/s1. The molecule has 4 atom stereocenters. The summed E-state index contributed by atoms with van der Waals surface area (Å²) in [7, 11) is 0. The molecule has 198 valence electrons. The van der Waals surface area contributed by atoms with E-state index in [-0.39, 0.29) is 0 Å². The Morgan fingerprint density at radius 2 is 1.81 bits per heavy atom. The van der Waals surface area contributed by atoms with Gasteiger partial charge in [-0.2, -0.15) is 10.2 Å². The van der Waals surface area contributed by atoms with Gasteiger partial charge in [-0.05, 0) is 94.0 Å². The molecule has 2 heterocycles. The second-order valence-electron chi connectivity index (χ2n) is 11.4. The SMILES string of the molecule is CCN1CCC(NC2C3CCC[C@H]2CC(CNc2nc(NCc4ccccc4C)ncc2C#N)C3)CC1. The van der Waals surface area contributed by atoms with Crippen LogP contribution < -0.4 is 16.0 Å². The number of hydrogen-bond acceptors (Lipinski definition) is 7. The van der Waals surface area contributed by atoms with E-state index >= 15 is 0 Å². The molecule has 2 aliphatic carbocycles. The quantitative estimate of drug-likeness (QED) is 0.448. The molecule has 0 radical (unpaired) electrons. The first-order chi connectivity index (χ1) is 18.1. The monoisotopic (exact) mass is 501 g/mol. The van der Waals surface area contributed by atoms with Crippen molar-refractivity contribution in [2.45, 2.75) is 77.4 Å². The lowest BCUT2D eigenvalue weighted by molar-refractivity contribution is 0.0701. The van der Waals surface area contributed by atoms with Crippen LogP contribution in [0.15, 0.2) is 30.5 Å². The highest BCUT2D eigenvalue weighted by atomic mass is 15.1. The Hall–Kier alpha value is -2.69. The van der Waals surface area contributed by atoms with Crippen molar-refractivity contribution in [3.8, 4) is 6.07 Å². The van der Waals surface area contributed by atoms with Crippen molar-refractivity contribution < 1.29 is 0 Å². The highest BCUT2D eigenvalue weighted by molar-refractivity contribution is 5.53. The van der Waals surface area contributed by atoms with Gasteiger partial charge < -0.3 is 20.9 Å². The Morgan fingerprint density at radius 1 is 1.05 bits per heavy atom. The van der Waals surface area contributed by atoms with Crippen LogP contribution in [0, 0.1) is 36.0 Å². The van der Waals surface area contributed by atoms with E-state index in [1.54, 1.807) is 6.20 Å². The largest absolute Gasteiger partial charge is 0.369 e. The molecular weight excluding hydrogens is 458 g/mol. The Bertz CT molecular complexity index is 1060. The maximum absolute atomic E-state index is 9.64. The van der Waals surface area contributed by atoms with Crippen molar-refractivity contribution in [1.29, 1.82) is 5.26 Å². The van der Waals surface area contributed by atoms with Gasteiger partial charge >= 0.3 is 0 Å². The average molecular weight is 502 g/mol. The molecule has 1 aromatic heterocycles. The van der Waals surface area contributed by atoms with E-state index in [9.17, 15) is 5.26 Å². The molecule has 2 bridgehead atoms. The highest BCUT2D eigenvalue weighted by Gasteiger charge is 2.41. The Morgan fingerprint density at radius 3 is 2.51 bits per heavy atom. The minimum atomic E-state index is 0.510. The lowest BCUT2D eigenvalue weighted by Crippen LogP contribution is -2.55. The number of aromatic nitrogens is 2. The third-order valence-corrected chi connectivity index (χ3v) is 9.07. The summed E-state index contributed by atoms with van der Waals surface area (Å²) in [5, 5.41) is 20.7. The van der Waals surface area contributed by atoms with Crippen LogP contribution in [0.3, 0.4) is 0 Å². The molecule has 0 amide bonds. The second-order valence-corrected chi connectivity index (χ2v) is 11.4. The summed E-state index contributed by atoms with van der Waals surface area (Å²) in [5.41, 5.74) is 2.97. The number of piperidine rings is 1. The van der Waals surface area contributed by atoms with Crippen LogP contribution in [0.5, 0.6) is 0 Å². The third kappa shape index (κ3) is 6.42. The number of nitrogens with zero attached hydrogens (tertiary/aromatic N) is 4. The predicted octanol–water partition coefficient (Wildman–Crippen LogP) is 4.95. The normalized spacial score (nSPS) is 26.4. The van der Waals surface area contributed by atoms with Crippen LogP contribution in [-0.2, 0) is 6.54 Å². The number of hydrogen-bond donors (Lipinski definition) is 3. The van der Waals surface area contributed by atoms with E-state index in [2.05, 4.69) is 62.9 Å². The summed E-state index contributed by atoms with van der Waals surface area (Å²) in [6.45, 7) is 9.58. The number of likely N-dealkylation sites (tertiary alicyclic amines) is 1. The molecule has 2 saturated carbocycles. The summed E-state index contributed by atoms with van der Waals surface area (Å²) >= 11 is 0. The molecule has 1 saturated heterocycles. The number of nitriles is 1. The number of aryl methyl sites for hydroxylation is 1. The van der Waals surface area contributed by atoms with Crippen molar-refractivity contribution in [2.24, 2.45) is 17.8 Å². The minimum absolute atomic E-state index is 0.510. The second kappa shape index (κ2) is 12.2. The fourth-order valence-corrected chi connectivity index (χ4v) is 6.90. The van der Waals surface area contributed by atoms with E-state index in [4.69, 9.17) is 0 Å². The maximum Gasteiger partial charge on any atom is 0.224 e. The summed E-state index contributed by atoms with van der Waals surface area (Å²) in [6, 6.07) is 12.0. The van der Waals surface area contributed by atoms with Crippen molar-refractivity contribution >= 4 is 11.8 Å². The van der Waals surface area contributed by atoms with Gasteiger partial charge in [0.15, 0.2) is 0 Å². The highest BCUT2D eigenvalue weighted by Crippen LogP contribution is 2.43. The van der Waals surface area contributed by atoms with E-state index in [1.165, 1.54) is 75.7 Å². The third-order valence-electron chi connectivity index (χ3n) is 9.07. The van der Waals surface area contributed by atoms with Crippen molar-refractivity contribution in [3.05, 3.63) is 47.2 Å². The summed E-state index contributed by atoms with van der Waals surface area (Å²) < 4.78 is 0. The van der Waals surface area contributed by atoms with Gasteiger partial charge in [0.05, 0.1) is 6.20 Å². The Balaban J connectivity index is 1.16. The number of fused-ring (bicyclic) bond motifs is 2. The van der Waals surface area contributed by atoms with Crippen LogP contribution >= 0.6 is 0 Å². The van der Waals surface area contributed by atoms with Gasteiger partial charge in [0, 0.05) is 25.2 Å². The van der Waals surface area contributed by atoms with Crippen LogP contribution in [0.4, 0.5) is 11.8 Å². The zero-order valence-corrected chi connectivity index (χ0v) is 22.5. The number of nitrogens with one attached hydrogen (secondary N) is 3. The molecule has 1 aliphatic heterocycles. The van der Waals surface area contributed by atoms with Crippen LogP contribution in [-0.4, -0.2) is 53.1 Å². The van der Waals surface area contributed by atoms with E-state index in [0.29, 0.717) is 41.9 Å². The zero-order chi connectivity index (χ0) is 25.6. The molecule has 7 heteroatoms. The van der Waals surface area contributed by atoms with E-state index < -0.39 is 0 Å². The first-order valence-electron chi connectivity index (χ1n) is 14.4. The van der Waals surface area contributed by atoms with E-state index in [0.717, 1.165) is 18.4 Å². The van der Waals surface area contributed by atoms with Gasteiger partial charge in [-0.1, -0.05) is 37.6 Å². The fraction of sp³-hybridized carbons (Fsp3) is 0.633. The van der Waals surface area contributed by atoms with Crippen LogP contribution in [0.25, 0.3) is 0 Å². The lowest BCUT2D eigenvalue weighted by Gasteiger charge is -2.48. The molecule has 37 heavy (non-hydrogen) atoms. The van der Waals surface area contributed by atoms with Crippen LogP contribution in [0.1, 0.15) is 68.6 Å². The Kier molecular flexibility index (Phi) is 8.58. The molecule has 3 N–H and O–H groups in total. The molecule has 3 fully saturated rings. The van der Waals surface area contributed by atoms with Gasteiger partial charge in [0.1, 0.15) is 17.5 Å². The zero-order valence-electron chi connectivity index (χ0n) is 22.5. The molecule has 1 aromatic carbocycles. The molecule has 5 rings (SSSR count). The molecular formula is C30H43N7. The minimum Gasteiger partial charge on any atom is -0.369 e. The number of anilines is 2. The average Bonchev–Trinajstić information content (AvgIpc) is 2.92. The van der Waals surface area contributed by atoms with Crippen molar-refractivity contribution in [2.75, 3.05) is 36.8 Å². The van der Waals surface area contributed by atoms with Gasteiger partial charge in [-0.25, -0.2) is 4.98 Å². The van der Waals surface area contributed by atoms with Gasteiger partial charge in [-0.15, -0.1) is 0 Å². The molecule has 2 aromatic rings. The topological polar surface area (TPSA) is 88.9 Å². The number of benzene rings is 1. The van der Waals surface area contributed by atoms with Gasteiger partial charge in [-0.3, -0.25) is 0 Å². The summed E-state index contributed by atoms with van der Waals surface area (Å²) in [6.07, 6.45) is 10.8. The van der Waals surface area contributed by atoms with Crippen molar-refractivity contribution in [1.82, 2.24) is 20.2 Å².